The topological polar surface area (TPSA) is 39.9 Å². The van der Waals surface area contributed by atoms with Crippen LogP contribution in [-0.2, 0) is 11.3 Å². The number of aryl methyl sites for hydroxylation is 1. The average molecular weight is 394 g/mol. The summed E-state index contributed by atoms with van der Waals surface area (Å²) in [6, 6.07) is 14.8. The Morgan fingerprint density at radius 2 is 1.79 bits per heavy atom. The van der Waals surface area contributed by atoms with E-state index < -0.39 is 0 Å². The highest BCUT2D eigenvalue weighted by molar-refractivity contribution is 5.79. The predicted octanol–water partition coefficient (Wildman–Crippen LogP) is 3.41. The van der Waals surface area contributed by atoms with Crippen molar-refractivity contribution in [1.82, 2.24) is 14.7 Å². The van der Waals surface area contributed by atoms with Gasteiger partial charge in [-0.3, -0.25) is 14.6 Å². The van der Waals surface area contributed by atoms with Gasteiger partial charge in [-0.25, -0.2) is 0 Å². The van der Waals surface area contributed by atoms with Crippen molar-refractivity contribution in [2.75, 3.05) is 39.3 Å². The number of carbonyl (C=O) groups excluding carboxylic acids is 1. The maximum Gasteiger partial charge on any atom is 0.237 e. The van der Waals surface area contributed by atoms with Crippen molar-refractivity contribution in [2.24, 2.45) is 0 Å². The van der Waals surface area contributed by atoms with E-state index in [1.54, 1.807) is 0 Å². The lowest BCUT2D eigenvalue weighted by Gasteiger charge is -2.35. The van der Waals surface area contributed by atoms with E-state index in [9.17, 15) is 4.79 Å². The molecule has 1 aliphatic heterocycles. The fourth-order valence-electron chi connectivity index (χ4n) is 3.86. The van der Waals surface area contributed by atoms with Crippen molar-refractivity contribution >= 4 is 12.0 Å². The zero-order chi connectivity index (χ0) is 20.1. The quantitative estimate of drug-likeness (QED) is 0.689. The summed E-state index contributed by atoms with van der Waals surface area (Å²) in [5.41, 5.74) is 1.24. The average Bonchev–Trinajstić information content (AvgIpc) is 3.49. The number of nitrogens with zero attached hydrogens (tertiary/aromatic N) is 3. The van der Waals surface area contributed by atoms with Gasteiger partial charge in [-0.1, -0.05) is 42.5 Å². The van der Waals surface area contributed by atoms with Crippen LogP contribution in [0.4, 0.5) is 0 Å². The van der Waals surface area contributed by atoms with E-state index in [0.29, 0.717) is 19.1 Å². The second kappa shape index (κ2) is 9.42. The van der Waals surface area contributed by atoms with Crippen LogP contribution in [0.2, 0.25) is 0 Å². The van der Waals surface area contributed by atoms with E-state index in [2.05, 4.69) is 46.2 Å². The number of rotatable bonds is 8. The third-order valence-electron chi connectivity index (χ3n) is 5.73. The van der Waals surface area contributed by atoms with E-state index in [1.807, 2.05) is 30.0 Å². The van der Waals surface area contributed by atoms with E-state index in [-0.39, 0.29) is 5.91 Å². The van der Waals surface area contributed by atoms with Crippen LogP contribution in [0.3, 0.4) is 0 Å². The maximum atomic E-state index is 12.9. The zero-order valence-corrected chi connectivity index (χ0v) is 17.3. The summed E-state index contributed by atoms with van der Waals surface area (Å²) in [6.45, 7) is 7.93. The number of carbonyl (C=O) groups is 1. The van der Waals surface area contributed by atoms with Crippen LogP contribution in [0, 0.1) is 6.92 Å². The molecule has 1 aromatic carbocycles. The molecule has 0 unspecified atom stereocenters. The highest BCUT2D eigenvalue weighted by Gasteiger charge is 2.34. The fourth-order valence-corrected chi connectivity index (χ4v) is 3.86. The van der Waals surface area contributed by atoms with E-state index in [1.165, 1.54) is 5.56 Å². The number of amides is 1. The molecule has 0 bridgehead atoms. The molecule has 4 rings (SSSR count). The first-order chi connectivity index (χ1) is 14.2. The van der Waals surface area contributed by atoms with Crippen molar-refractivity contribution < 1.29 is 9.21 Å². The van der Waals surface area contributed by atoms with Crippen LogP contribution in [0.25, 0.3) is 6.08 Å². The van der Waals surface area contributed by atoms with Crippen molar-refractivity contribution in [3.05, 3.63) is 65.6 Å². The van der Waals surface area contributed by atoms with Gasteiger partial charge < -0.3 is 9.32 Å². The summed E-state index contributed by atoms with van der Waals surface area (Å²) >= 11 is 0. The molecule has 29 heavy (non-hydrogen) atoms. The standard InChI is InChI=1S/C24H31N3O2/c1-20-9-12-23(29-20)18-27(22-10-11-22)24(28)19-26-16-14-25(15-17-26)13-5-8-21-6-3-2-4-7-21/h2-9,12,22H,10-11,13-19H2,1H3/b8-5+. The molecule has 1 aliphatic carbocycles. The summed E-state index contributed by atoms with van der Waals surface area (Å²) in [5.74, 6) is 2.03. The van der Waals surface area contributed by atoms with Crippen molar-refractivity contribution in [3.8, 4) is 0 Å². The summed E-state index contributed by atoms with van der Waals surface area (Å²) in [5, 5.41) is 0. The van der Waals surface area contributed by atoms with Crippen LogP contribution in [0.5, 0.6) is 0 Å². The monoisotopic (exact) mass is 393 g/mol. The van der Waals surface area contributed by atoms with Crippen LogP contribution >= 0.6 is 0 Å². The normalized spacial score (nSPS) is 18.4. The van der Waals surface area contributed by atoms with Crippen LogP contribution in [0.1, 0.15) is 29.9 Å². The van der Waals surface area contributed by atoms with Crippen LogP contribution < -0.4 is 0 Å². The Hall–Kier alpha value is -2.37. The van der Waals surface area contributed by atoms with Gasteiger partial charge in [0.05, 0.1) is 13.1 Å². The third-order valence-corrected chi connectivity index (χ3v) is 5.73. The molecular weight excluding hydrogens is 362 g/mol. The largest absolute Gasteiger partial charge is 0.464 e. The minimum Gasteiger partial charge on any atom is -0.464 e. The van der Waals surface area contributed by atoms with Crippen LogP contribution in [0.15, 0.2) is 53.0 Å². The minimum atomic E-state index is 0.235. The zero-order valence-electron chi connectivity index (χ0n) is 17.3. The van der Waals surface area contributed by atoms with Gasteiger partial charge in [-0.2, -0.15) is 0 Å². The Balaban J connectivity index is 1.22. The number of piperazine rings is 1. The van der Waals surface area contributed by atoms with Crippen molar-refractivity contribution in [2.45, 2.75) is 32.4 Å². The Morgan fingerprint density at radius 1 is 1.07 bits per heavy atom. The Morgan fingerprint density at radius 3 is 2.45 bits per heavy atom. The van der Waals surface area contributed by atoms with Gasteiger partial charge in [0.2, 0.25) is 5.91 Å². The molecule has 1 amide bonds. The highest BCUT2D eigenvalue weighted by Crippen LogP contribution is 2.29. The Labute approximate surface area is 173 Å². The lowest BCUT2D eigenvalue weighted by molar-refractivity contribution is -0.134. The first-order valence-corrected chi connectivity index (χ1v) is 10.7. The van der Waals surface area contributed by atoms with Crippen molar-refractivity contribution in [3.63, 3.8) is 0 Å². The summed E-state index contributed by atoms with van der Waals surface area (Å²) < 4.78 is 5.69. The molecule has 1 saturated heterocycles. The molecule has 5 heteroatoms. The van der Waals surface area contributed by atoms with Gasteiger partial charge in [-0.15, -0.1) is 0 Å². The SMILES string of the molecule is Cc1ccc(CN(C(=O)CN2CCN(C/C=C/c3ccccc3)CC2)C2CC2)o1. The molecular formula is C24H31N3O2. The molecule has 0 atom stereocenters. The first kappa shape index (κ1) is 19.9. The van der Waals surface area contributed by atoms with Gasteiger partial charge in [0.1, 0.15) is 11.5 Å². The minimum absolute atomic E-state index is 0.235. The lowest BCUT2D eigenvalue weighted by atomic mass is 10.2. The van der Waals surface area contributed by atoms with E-state index in [0.717, 1.165) is 57.1 Å². The smallest absolute Gasteiger partial charge is 0.237 e. The fraction of sp³-hybridized carbons (Fsp3) is 0.458. The predicted molar refractivity (Wildman–Crippen MR) is 115 cm³/mol. The first-order valence-electron chi connectivity index (χ1n) is 10.7. The van der Waals surface area contributed by atoms with Gasteiger partial charge in [0.25, 0.3) is 0 Å². The summed E-state index contributed by atoms with van der Waals surface area (Å²) in [4.78, 5) is 19.7. The molecule has 0 N–H and O–H groups in total. The maximum absolute atomic E-state index is 12.9. The molecule has 5 nitrogen and oxygen atoms in total. The molecule has 154 valence electrons. The highest BCUT2D eigenvalue weighted by atomic mass is 16.3. The number of hydrogen-bond acceptors (Lipinski definition) is 4. The molecule has 1 aromatic heterocycles. The summed E-state index contributed by atoms with van der Waals surface area (Å²) in [6.07, 6.45) is 6.65. The third kappa shape index (κ3) is 5.81. The van der Waals surface area contributed by atoms with Crippen LogP contribution in [-0.4, -0.2) is 65.9 Å². The molecule has 2 aromatic rings. The van der Waals surface area contributed by atoms with Gasteiger partial charge in [0, 0.05) is 38.8 Å². The Kier molecular flexibility index (Phi) is 6.47. The number of hydrogen-bond donors (Lipinski definition) is 0. The number of benzene rings is 1. The molecule has 2 fully saturated rings. The van der Waals surface area contributed by atoms with E-state index in [4.69, 9.17) is 4.42 Å². The molecule has 1 saturated carbocycles. The summed E-state index contributed by atoms with van der Waals surface area (Å²) in [7, 11) is 0. The van der Waals surface area contributed by atoms with E-state index >= 15 is 0 Å². The molecule has 2 heterocycles. The number of furan rings is 1. The molecule has 2 aliphatic rings. The second-order valence-electron chi connectivity index (χ2n) is 8.15. The van der Waals surface area contributed by atoms with Gasteiger partial charge >= 0.3 is 0 Å². The molecule has 0 spiro atoms. The van der Waals surface area contributed by atoms with Crippen molar-refractivity contribution in [1.29, 1.82) is 0 Å². The molecule has 0 radical (unpaired) electrons. The van der Waals surface area contributed by atoms with Gasteiger partial charge in [-0.05, 0) is 37.5 Å². The Bertz CT molecular complexity index is 818. The van der Waals surface area contributed by atoms with Gasteiger partial charge in [0.15, 0.2) is 0 Å². The lowest BCUT2D eigenvalue weighted by Crippen LogP contribution is -2.50. The second-order valence-corrected chi connectivity index (χ2v) is 8.15.